The van der Waals surface area contributed by atoms with Crippen molar-refractivity contribution in [2.45, 2.75) is 82.6 Å². The Labute approximate surface area is 121 Å². The van der Waals surface area contributed by atoms with E-state index in [2.05, 4.69) is 12.1 Å². The number of aromatic nitrogens is 2. The van der Waals surface area contributed by atoms with Gasteiger partial charge in [0, 0.05) is 12.0 Å². The molecular formula is C16H27N3O. The summed E-state index contributed by atoms with van der Waals surface area (Å²) < 4.78 is 5.57. The van der Waals surface area contributed by atoms with Gasteiger partial charge in [-0.15, -0.1) is 0 Å². The Morgan fingerprint density at radius 3 is 2.80 bits per heavy atom. The van der Waals surface area contributed by atoms with Gasteiger partial charge in [-0.3, -0.25) is 0 Å². The molecule has 1 aromatic heterocycles. The highest BCUT2D eigenvalue weighted by Crippen LogP contribution is 2.39. The molecule has 1 aromatic rings. The molecule has 0 spiro atoms. The largest absolute Gasteiger partial charge is 0.339 e. The molecule has 0 bridgehead atoms. The van der Waals surface area contributed by atoms with Crippen molar-refractivity contribution in [3.8, 4) is 0 Å². The van der Waals surface area contributed by atoms with Crippen molar-refractivity contribution in [1.29, 1.82) is 0 Å². The summed E-state index contributed by atoms with van der Waals surface area (Å²) >= 11 is 0. The molecule has 1 heterocycles. The number of nitrogens with zero attached hydrogens (tertiary/aromatic N) is 2. The summed E-state index contributed by atoms with van der Waals surface area (Å²) in [4.78, 5) is 4.72. The SMILES string of the molecule is CCC1CCC(c2noc(C3CCCCCC3N)n2)C1. The van der Waals surface area contributed by atoms with Crippen LogP contribution in [0.3, 0.4) is 0 Å². The summed E-state index contributed by atoms with van der Waals surface area (Å²) in [6, 6.07) is 0.192. The van der Waals surface area contributed by atoms with E-state index in [9.17, 15) is 0 Å². The van der Waals surface area contributed by atoms with Crippen LogP contribution in [-0.2, 0) is 0 Å². The van der Waals surface area contributed by atoms with E-state index in [-0.39, 0.29) is 12.0 Å². The van der Waals surface area contributed by atoms with E-state index >= 15 is 0 Å². The Morgan fingerprint density at radius 1 is 1.15 bits per heavy atom. The van der Waals surface area contributed by atoms with Gasteiger partial charge >= 0.3 is 0 Å². The Hall–Kier alpha value is -0.900. The predicted octanol–water partition coefficient (Wildman–Crippen LogP) is 3.74. The van der Waals surface area contributed by atoms with E-state index in [0.29, 0.717) is 5.92 Å². The van der Waals surface area contributed by atoms with Gasteiger partial charge in [0.15, 0.2) is 5.82 Å². The zero-order valence-electron chi connectivity index (χ0n) is 12.6. The molecular weight excluding hydrogens is 250 g/mol. The van der Waals surface area contributed by atoms with Crippen LogP contribution < -0.4 is 5.73 Å². The minimum Gasteiger partial charge on any atom is -0.339 e. The fourth-order valence-electron chi connectivity index (χ4n) is 3.89. The molecule has 2 saturated carbocycles. The third kappa shape index (κ3) is 2.90. The van der Waals surface area contributed by atoms with Gasteiger partial charge in [0.2, 0.25) is 5.89 Å². The monoisotopic (exact) mass is 277 g/mol. The molecule has 0 aromatic carbocycles. The molecule has 2 aliphatic rings. The van der Waals surface area contributed by atoms with Crippen molar-refractivity contribution in [3.63, 3.8) is 0 Å². The first-order valence-corrected chi connectivity index (χ1v) is 8.37. The Morgan fingerprint density at radius 2 is 2.00 bits per heavy atom. The number of hydrogen-bond donors (Lipinski definition) is 1. The smallest absolute Gasteiger partial charge is 0.231 e. The molecule has 112 valence electrons. The van der Waals surface area contributed by atoms with Crippen LogP contribution in [0, 0.1) is 5.92 Å². The van der Waals surface area contributed by atoms with E-state index in [1.807, 2.05) is 0 Å². The first-order chi connectivity index (χ1) is 9.78. The minimum atomic E-state index is 0.192. The van der Waals surface area contributed by atoms with E-state index in [1.54, 1.807) is 0 Å². The lowest BCUT2D eigenvalue weighted by atomic mass is 9.95. The molecule has 2 fully saturated rings. The van der Waals surface area contributed by atoms with Crippen LogP contribution in [0.2, 0.25) is 0 Å². The third-order valence-electron chi connectivity index (χ3n) is 5.33. The van der Waals surface area contributed by atoms with Crippen molar-refractivity contribution < 1.29 is 4.52 Å². The summed E-state index contributed by atoms with van der Waals surface area (Å²) in [5.41, 5.74) is 6.29. The fraction of sp³-hybridized carbons (Fsp3) is 0.875. The van der Waals surface area contributed by atoms with E-state index in [1.165, 1.54) is 44.9 Å². The molecule has 0 radical (unpaired) electrons. The molecule has 2 N–H and O–H groups in total. The second-order valence-corrected chi connectivity index (χ2v) is 6.68. The Balaban J connectivity index is 1.69. The van der Waals surface area contributed by atoms with Gasteiger partial charge in [0.05, 0.1) is 5.92 Å². The summed E-state index contributed by atoms with van der Waals surface area (Å²) in [6.07, 6.45) is 11.0. The Kier molecular flexibility index (Phi) is 4.39. The molecule has 20 heavy (non-hydrogen) atoms. The van der Waals surface area contributed by atoms with Crippen molar-refractivity contribution in [3.05, 3.63) is 11.7 Å². The van der Waals surface area contributed by atoms with Crippen LogP contribution in [0.1, 0.15) is 88.3 Å². The summed E-state index contributed by atoms with van der Waals surface area (Å²) in [7, 11) is 0. The number of hydrogen-bond acceptors (Lipinski definition) is 4. The van der Waals surface area contributed by atoms with E-state index in [4.69, 9.17) is 15.2 Å². The maximum atomic E-state index is 6.29. The quantitative estimate of drug-likeness (QED) is 0.855. The zero-order valence-corrected chi connectivity index (χ0v) is 12.6. The predicted molar refractivity (Wildman–Crippen MR) is 78.5 cm³/mol. The average molecular weight is 277 g/mol. The first kappa shape index (κ1) is 14.1. The van der Waals surface area contributed by atoms with Crippen LogP contribution >= 0.6 is 0 Å². The molecule has 3 rings (SSSR count). The standard InChI is InChI=1S/C16H27N3O/c1-2-11-8-9-12(10-11)15-18-16(20-19-15)13-6-4-3-5-7-14(13)17/h11-14H,2-10,17H2,1H3. The van der Waals surface area contributed by atoms with Crippen LogP contribution in [0.25, 0.3) is 0 Å². The maximum Gasteiger partial charge on any atom is 0.231 e. The van der Waals surface area contributed by atoms with Gasteiger partial charge in [0.1, 0.15) is 0 Å². The molecule has 4 nitrogen and oxygen atoms in total. The van der Waals surface area contributed by atoms with Gasteiger partial charge in [-0.25, -0.2) is 0 Å². The van der Waals surface area contributed by atoms with Crippen LogP contribution in [-0.4, -0.2) is 16.2 Å². The highest BCUT2D eigenvalue weighted by Gasteiger charge is 2.31. The highest BCUT2D eigenvalue weighted by molar-refractivity contribution is 5.04. The summed E-state index contributed by atoms with van der Waals surface area (Å²) in [6.45, 7) is 2.28. The van der Waals surface area contributed by atoms with Crippen molar-refractivity contribution in [2.75, 3.05) is 0 Å². The van der Waals surface area contributed by atoms with E-state index in [0.717, 1.165) is 30.5 Å². The average Bonchev–Trinajstić information content (AvgIpc) is 3.06. The minimum absolute atomic E-state index is 0.192. The molecule has 4 unspecified atom stereocenters. The second-order valence-electron chi connectivity index (χ2n) is 6.68. The van der Waals surface area contributed by atoms with Crippen LogP contribution in [0.5, 0.6) is 0 Å². The zero-order chi connectivity index (χ0) is 13.9. The van der Waals surface area contributed by atoms with Gasteiger partial charge in [-0.05, 0) is 38.0 Å². The molecule has 0 saturated heterocycles. The van der Waals surface area contributed by atoms with Crippen LogP contribution in [0.4, 0.5) is 0 Å². The van der Waals surface area contributed by atoms with Gasteiger partial charge in [-0.1, -0.05) is 37.8 Å². The molecule has 4 heteroatoms. The lowest BCUT2D eigenvalue weighted by Crippen LogP contribution is -2.27. The molecule has 0 aliphatic heterocycles. The van der Waals surface area contributed by atoms with Crippen molar-refractivity contribution in [2.24, 2.45) is 11.7 Å². The fourth-order valence-corrected chi connectivity index (χ4v) is 3.89. The lowest BCUT2D eigenvalue weighted by Gasteiger charge is -2.16. The molecule has 0 amide bonds. The summed E-state index contributed by atoms with van der Waals surface area (Å²) in [5.74, 6) is 3.38. The lowest BCUT2D eigenvalue weighted by molar-refractivity contribution is 0.321. The normalized spacial score (nSPS) is 35.1. The Bertz CT molecular complexity index is 431. The van der Waals surface area contributed by atoms with Gasteiger partial charge in [-0.2, -0.15) is 4.98 Å². The highest BCUT2D eigenvalue weighted by atomic mass is 16.5. The van der Waals surface area contributed by atoms with Crippen molar-refractivity contribution in [1.82, 2.24) is 10.1 Å². The van der Waals surface area contributed by atoms with Crippen LogP contribution in [0.15, 0.2) is 4.52 Å². The number of nitrogens with two attached hydrogens (primary N) is 1. The first-order valence-electron chi connectivity index (χ1n) is 8.37. The topological polar surface area (TPSA) is 64.9 Å². The van der Waals surface area contributed by atoms with Gasteiger partial charge < -0.3 is 10.3 Å². The van der Waals surface area contributed by atoms with Gasteiger partial charge in [0.25, 0.3) is 0 Å². The molecule has 2 aliphatic carbocycles. The maximum absolute atomic E-state index is 6.29. The molecule has 4 atom stereocenters. The van der Waals surface area contributed by atoms with E-state index < -0.39 is 0 Å². The second kappa shape index (κ2) is 6.25. The van der Waals surface area contributed by atoms with Crippen molar-refractivity contribution >= 4 is 0 Å². The third-order valence-corrected chi connectivity index (χ3v) is 5.33. The number of rotatable bonds is 3. The summed E-state index contributed by atoms with van der Waals surface area (Å²) in [5, 5.41) is 4.27.